The Balaban J connectivity index is 2.41. The second-order valence-electron chi connectivity index (χ2n) is 4.09. The third kappa shape index (κ3) is 3.47. The average molecular weight is 387 g/mol. The molecule has 5 nitrogen and oxygen atoms in total. The predicted octanol–water partition coefficient (Wildman–Crippen LogP) is 3.36. The van der Waals surface area contributed by atoms with Gasteiger partial charge >= 0.3 is 0 Å². The third-order valence-electron chi connectivity index (χ3n) is 2.61. The number of anilines is 2. The number of hydrogen-bond donors (Lipinski definition) is 2. The van der Waals surface area contributed by atoms with Gasteiger partial charge in [0.25, 0.3) is 10.0 Å². The summed E-state index contributed by atoms with van der Waals surface area (Å²) in [5.74, 6) is 0. The molecule has 0 unspecified atom stereocenters. The number of benzene rings is 2. The van der Waals surface area contributed by atoms with E-state index < -0.39 is 10.0 Å². The zero-order valence-corrected chi connectivity index (χ0v) is 13.6. The number of nitrogens with zero attached hydrogens (tertiary/aromatic N) is 1. The lowest BCUT2D eigenvalue weighted by Gasteiger charge is -2.11. The maximum absolute atomic E-state index is 12.3. The molecule has 0 fully saturated rings. The summed E-state index contributed by atoms with van der Waals surface area (Å²) >= 11 is 9.15. The van der Waals surface area contributed by atoms with Gasteiger partial charge in [0, 0.05) is 4.47 Å². The van der Waals surface area contributed by atoms with Crippen LogP contribution in [-0.4, -0.2) is 8.42 Å². The first-order valence-corrected chi connectivity index (χ1v) is 8.26. The Morgan fingerprint density at radius 2 is 1.95 bits per heavy atom. The van der Waals surface area contributed by atoms with Crippen LogP contribution in [0, 0.1) is 11.3 Å². The van der Waals surface area contributed by atoms with Crippen LogP contribution < -0.4 is 10.5 Å². The van der Waals surface area contributed by atoms with Gasteiger partial charge in [-0.25, -0.2) is 8.42 Å². The SMILES string of the molecule is N#Cc1ccc(S(=O)(=O)Nc2ccc(Br)cc2N)c(Cl)c1. The van der Waals surface area contributed by atoms with E-state index in [1.54, 1.807) is 12.1 Å². The van der Waals surface area contributed by atoms with E-state index in [4.69, 9.17) is 22.6 Å². The quantitative estimate of drug-likeness (QED) is 0.791. The van der Waals surface area contributed by atoms with Gasteiger partial charge in [-0.2, -0.15) is 5.26 Å². The van der Waals surface area contributed by atoms with Crippen LogP contribution >= 0.6 is 27.5 Å². The van der Waals surface area contributed by atoms with Crippen molar-refractivity contribution in [1.29, 1.82) is 5.26 Å². The minimum absolute atomic E-state index is 0.0303. The van der Waals surface area contributed by atoms with E-state index in [9.17, 15) is 8.42 Å². The van der Waals surface area contributed by atoms with E-state index in [2.05, 4.69) is 20.7 Å². The summed E-state index contributed by atoms with van der Waals surface area (Å²) in [4.78, 5) is -0.120. The maximum atomic E-state index is 12.3. The van der Waals surface area contributed by atoms with Gasteiger partial charge in [0.2, 0.25) is 0 Å². The number of nitrogens with one attached hydrogen (secondary N) is 1. The molecule has 0 spiro atoms. The van der Waals surface area contributed by atoms with Gasteiger partial charge in [0.05, 0.1) is 28.0 Å². The second kappa shape index (κ2) is 5.93. The number of rotatable bonds is 3. The number of halogens is 2. The largest absolute Gasteiger partial charge is 0.397 e. The first-order valence-electron chi connectivity index (χ1n) is 5.61. The van der Waals surface area contributed by atoms with E-state index in [0.29, 0.717) is 0 Å². The minimum atomic E-state index is -3.89. The molecule has 0 heterocycles. The van der Waals surface area contributed by atoms with E-state index in [-0.39, 0.29) is 26.9 Å². The molecule has 0 aromatic heterocycles. The van der Waals surface area contributed by atoms with Crippen LogP contribution in [0.25, 0.3) is 0 Å². The van der Waals surface area contributed by atoms with Crippen LogP contribution in [0.2, 0.25) is 5.02 Å². The van der Waals surface area contributed by atoms with E-state index in [0.717, 1.165) is 4.47 Å². The molecule has 0 aliphatic carbocycles. The van der Waals surface area contributed by atoms with E-state index >= 15 is 0 Å². The zero-order valence-electron chi connectivity index (χ0n) is 10.5. The minimum Gasteiger partial charge on any atom is -0.397 e. The van der Waals surface area contributed by atoms with Gasteiger partial charge in [0.15, 0.2) is 0 Å². The lowest BCUT2D eigenvalue weighted by molar-refractivity contribution is 0.601. The van der Waals surface area contributed by atoms with Crippen molar-refractivity contribution in [2.45, 2.75) is 4.90 Å². The number of sulfonamides is 1. The first kappa shape index (κ1) is 15.6. The van der Waals surface area contributed by atoms with E-state index in [1.807, 2.05) is 6.07 Å². The topological polar surface area (TPSA) is 96.0 Å². The van der Waals surface area contributed by atoms with Crippen molar-refractivity contribution in [3.8, 4) is 6.07 Å². The van der Waals surface area contributed by atoms with Crippen molar-refractivity contribution in [1.82, 2.24) is 0 Å². The number of nitrogens with two attached hydrogens (primary N) is 1. The molecule has 108 valence electrons. The molecule has 8 heteroatoms. The normalized spacial score (nSPS) is 10.9. The summed E-state index contributed by atoms with van der Waals surface area (Å²) in [7, 11) is -3.89. The van der Waals surface area contributed by atoms with Crippen molar-refractivity contribution in [3.05, 3.63) is 51.5 Å². The molecule has 2 aromatic carbocycles. The smallest absolute Gasteiger partial charge is 0.263 e. The third-order valence-corrected chi connectivity index (χ3v) is 4.95. The van der Waals surface area contributed by atoms with Crippen molar-refractivity contribution < 1.29 is 8.42 Å². The number of hydrogen-bond acceptors (Lipinski definition) is 4. The van der Waals surface area contributed by atoms with Crippen molar-refractivity contribution in [2.24, 2.45) is 0 Å². The van der Waals surface area contributed by atoms with Crippen LogP contribution in [0.15, 0.2) is 45.8 Å². The molecular weight excluding hydrogens is 378 g/mol. The Morgan fingerprint density at radius 3 is 2.52 bits per heavy atom. The summed E-state index contributed by atoms with van der Waals surface area (Å²) in [6, 6.07) is 10.6. The predicted molar refractivity (Wildman–Crippen MR) is 85.5 cm³/mol. The molecule has 0 bridgehead atoms. The Kier molecular flexibility index (Phi) is 4.42. The van der Waals surface area contributed by atoms with Crippen LogP contribution in [-0.2, 0) is 10.0 Å². The standard InChI is InChI=1S/C13H9BrClN3O2S/c14-9-2-3-12(11(17)6-9)18-21(19,20)13-4-1-8(7-16)5-10(13)15/h1-6,18H,17H2. The molecular formula is C13H9BrClN3O2S. The fourth-order valence-corrected chi connectivity index (χ4v) is 3.63. The average Bonchev–Trinajstić information content (AvgIpc) is 2.41. The molecule has 2 aromatic rings. The lowest BCUT2D eigenvalue weighted by Crippen LogP contribution is -2.14. The second-order valence-corrected chi connectivity index (χ2v) is 7.07. The monoisotopic (exact) mass is 385 g/mol. The highest BCUT2D eigenvalue weighted by Gasteiger charge is 2.19. The van der Waals surface area contributed by atoms with Gasteiger partial charge in [-0.05, 0) is 36.4 Å². The van der Waals surface area contributed by atoms with Gasteiger partial charge < -0.3 is 5.73 Å². The van der Waals surface area contributed by atoms with Crippen molar-refractivity contribution in [2.75, 3.05) is 10.5 Å². The van der Waals surface area contributed by atoms with Gasteiger partial charge in [-0.3, -0.25) is 4.72 Å². The van der Waals surface area contributed by atoms with Crippen LogP contribution in [0.5, 0.6) is 0 Å². The fourth-order valence-electron chi connectivity index (χ4n) is 1.61. The highest BCUT2D eigenvalue weighted by molar-refractivity contribution is 9.10. The molecule has 0 saturated carbocycles. The molecule has 2 rings (SSSR count). The Hall–Kier alpha value is -1.75. The Bertz CT molecular complexity index is 847. The van der Waals surface area contributed by atoms with Gasteiger partial charge in [-0.1, -0.05) is 27.5 Å². The molecule has 3 N–H and O–H groups in total. The van der Waals surface area contributed by atoms with Crippen molar-refractivity contribution in [3.63, 3.8) is 0 Å². The maximum Gasteiger partial charge on any atom is 0.263 e. The molecule has 0 aliphatic heterocycles. The molecule has 0 aliphatic rings. The summed E-state index contributed by atoms with van der Waals surface area (Å²) in [6.45, 7) is 0. The first-order chi connectivity index (χ1) is 9.83. The highest BCUT2D eigenvalue weighted by Crippen LogP contribution is 2.28. The molecule has 0 amide bonds. The highest BCUT2D eigenvalue weighted by atomic mass is 79.9. The number of nitriles is 1. The zero-order chi connectivity index (χ0) is 15.6. The molecule has 21 heavy (non-hydrogen) atoms. The van der Waals surface area contributed by atoms with Crippen molar-refractivity contribution >= 4 is 48.9 Å². The van der Waals surface area contributed by atoms with Crippen LogP contribution in [0.1, 0.15) is 5.56 Å². The Labute approximate surface area is 135 Å². The molecule has 0 saturated heterocycles. The lowest BCUT2D eigenvalue weighted by atomic mass is 10.2. The Morgan fingerprint density at radius 1 is 1.24 bits per heavy atom. The van der Waals surface area contributed by atoms with Crippen LogP contribution in [0.4, 0.5) is 11.4 Å². The molecule has 0 radical (unpaired) electrons. The summed E-state index contributed by atoms with van der Waals surface area (Å²) in [5, 5.41) is 8.73. The summed E-state index contributed by atoms with van der Waals surface area (Å²) < 4.78 is 27.7. The van der Waals surface area contributed by atoms with Gasteiger partial charge in [0.1, 0.15) is 4.90 Å². The summed E-state index contributed by atoms with van der Waals surface area (Å²) in [6.07, 6.45) is 0. The summed E-state index contributed by atoms with van der Waals surface area (Å²) in [5.41, 5.74) is 6.56. The van der Waals surface area contributed by atoms with Gasteiger partial charge in [-0.15, -0.1) is 0 Å². The van der Waals surface area contributed by atoms with Crippen LogP contribution in [0.3, 0.4) is 0 Å². The number of nitrogen functional groups attached to an aromatic ring is 1. The molecule has 0 atom stereocenters. The van der Waals surface area contributed by atoms with E-state index in [1.165, 1.54) is 24.3 Å². The fraction of sp³-hybridized carbons (Fsp3) is 0.